The molecule has 0 saturated heterocycles. The van der Waals surface area contributed by atoms with Gasteiger partial charge in [-0.1, -0.05) is 24.3 Å². The van der Waals surface area contributed by atoms with Crippen LogP contribution < -0.4 is 9.47 Å². The number of phenols is 2. The zero-order chi connectivity index (χ0) is 22.7. The Labute approximate surface area is 186 Å². The Morgan fingerprint density at radius 2 is 1.06 bits per heavy atom. The molecule has 0 aromatic heterocycles. The van der Waals surface area contributed by atoms with Crippen LogP contribution >= 0.6 is 0 Å². The van der Waals surface area contributed by atoms with E-state index in [4.69, 9.17) is 9.47 Å². The number of benzene rings is 4. The minimum atomic E-state index is -0.202. The summed E-state index contributed by atoms with van der Waals surface area (Å²) in [5, 5.41) is 19.9. The SMILES string of the molecule is COc1ccc(C(=O)c2ccc(OC)cc2-c2cccc(O)c2)c(-c2cccc(O)c2)c1. The van der Waals surface area contributed by atoms with Crippen molar-refractivity contribution in [3.8, 4) is 45.3 Å². The van der Waals surface area contributed by atoms with Crippen molar-refractivity contribution in [1.29, 1.82) is 0 Å². The summed E-state index contributed by atoms with van der Waals surface area (Å²) in [6, 6.07) is 23.9. The number of hydrogen-bond donors (Lipinski definition) is 2. The maximum absolute atomic E-state index is 13.8. The molecule has 4 rings (SSSR count). The topological polar surface area (TPSA) is 76.0 Å². The predicted molar refractivity (Wildman–Crippen MR) is 124 cm³/mol. The fourth-order valence-corrected chi connectivity index (χ4v) is 3.67. The Kier molecular flexibility index (Phi) is 5.81. The molecule has 0 heterocycles. The number of ketones is 1. The number of aromatic hydroxyl groups is 2. The fraction of sp³-hybridized carbons (Fsp3) is 0.0741. The maximum atomic E-state index is 13.8. The molecular formula is C27H22O5. The number of carbonyl (C=O) groups excluding carboxylic acids is 1. The largest absolute Gasteiger partial charge is 0.508 e. The predicted octanol–water partition coefficient (Wildman–Crippen LogP) is 5.68. The molecule has 0 amide bonds. The summed E-state index contributed by atoms with van der Waals surface area (Å²) in [5.74, 6) is 1.21. The van der Waals surface area contributed by atoms with E-state index in [9.17, 15) is 15.0 Å². The monoisotopic (exact) mass is 426 g/mol. The number of ether oxygens (including phenoxy) is 2. The lowest BCUT2D eigenvalue weighted by Crippen LogP contribution is -2.06. The lowest BCUT2D eigenvalue weighted by atomic mass is 9.89. The summed E-state index contributed by atoms with van der Waals surface area (Å²) in [7, 11) is 3.12. The highest BCUT2D eigenvalue weighted by molar-refractivity contribution is 6.16. The van der Waals surface area contributed by atoms with Gasteiger partial charge < -0.3 is 19.7 Å². The third-order valence-corrected chi connectivity index (χ3v) is 5.26. The second-order valence-electron chi connectivity index (χ2n) is 7.25. The van der Waals surface area contributed by atoms with Gasteiger partial charge in [0.15, 0.2) is 5.78 Å². The molecule has 4 aromatic rings. The molecule has 0 radical (unpaired) electrons. The van der Waals surface area contributed by atoms with Crippen molar-refractivity contribution in [2.45, 2.75) is 0 Å². The average molecular weight is 426 g/mol. The van der Waals surface area contributed by atoms with Gasteiger partial charge in [-0.05, 0) is 82.9 Å². The van der Waals surface area contributed by atoms with E-state index in [0.29, 0.717) is 44.9 Å². The normalized spacial score (nSPS) is 10.6. The molecule has 0 unspecified atom stereocenters. The molecule has 0 bridgehead atoms. The molecule has 32 heavy (non-hydrogen) atoms. The molecule has 0 spiro atoms. The molecule has 4 aromatic carbocycles. The van der Waals surface area contributed by atoms with Gasteiger partial charge in [-0.15, -0.1) is 0 Å². The van der Waals surface area contributed by atoms with Crippen LogP contribution in [0.2, 0.25) is 0 Å². The first kappa shape index (κ1) is 21.0. The molecule has 5 heteroatoms. The Balaban J connectivity index is 1.91. The third-order valence-electron chi connectivity index (χ3n) is 5.26. The summed E-state index contributed by atoms with van der Waals surface area (Å²) < 4.78 is 10.7. The summed E-state index contributed by atoms with van der Waals surface area (Å²) in [6.07, 6.45) is 0. The van der Waals surface area contributed by atoms with E-state index >= 15 is 0 Å². The first-order valence-electron chi connectivity index (χ1n) is 9.99. The lowest BCUT2D eigenvalue weighted by Gasteiger charge is -2.15. The van der Waals surface area contributed by atoms with Crippen molar-refractivity contribution in [2.75, 3.05) is 14.2 Å². The molecule has 0 aliphatic heterocycles. The van der Waals surface area contributed by atoms with Gasteiger partial charge in [0.1, 0.15) is 23.0 Å². The van der Waals surface area contributed by atoms with Gasteiger partial charge in [0, 0.05) is 11.1 Å². The number of carbonyl (C=O) groups is 1. The van der Waals surface area contributed by atoms with Crippen molar-refractivity contribution in [3.63, 3.8) is 0 Å². The van der Waals surface area contributed by atoms with Crippen LogP contribution in [-0.4, -0.2) is 30.2 Å². The van der Waals surface area contributed by atoms with E-state index in [1.807, 2.05) is 12.1 Å². The fourth-order valence-electron chi connectivity index (χ4n) is 3.67. The average Bonchev–Trinajstić information content (AvgIpc) is 2.82. The second-order valence-corrected chi connectivity index (χ2v) is 7.25. The van der Waals surface area contributed by atoms with Crippen molar-refractivity contribution in [2.24, 2.45) is 0 Å². The van der Waals surface area contributed by atoms with E-state index in [0.717, 1.165) is 0 Å². The second kappa shape index (κ2) is 8.86. The lowest BCUT2D eigenvalue weighted by molar-refractivity contribution is 0.104. The van der Waals surface area contributed by atoms with Crippen LogP contribution in [0.3, 0.4) is 0 Å². The highest BCUT2D eigenvalue weighted by Gasteiger charge is 2.20. The van der Waals surface area contributed by atoms with E-state index < -0.39 is 0 Å². The van der Waals surface area contributed by atoms with Crippen LogP contribution in [0.4, 0.5) is 0 Å². The molecule has 0 saturated carbocycles. The van der Waals surface area contributed by atoms with Crippen LogP contribution in [0.15, 0.2) is 84.9 Å². The van der Waals surface area contributed by atoms with Crippen molar-refractivity contribution in [1.82, 2.24) is 0 Å². The Morgan fingerprint density at radius 1 is 0.625 bits per heavy atom. The van der Waals surface area contributed by atoms with Gasteiger partial charge in [0.25, 0.3) is 0 Å². The highest BCUT2D eigenvalue weighted by atomic mass is 16.5. The van der Waals surface area contributed by atoms with Crippen LogP contribution in [0.1, 0.15) is 15.9 Å². The minimum absolute atomic E-state index is 0.105. The first-order chi connectivity index (χ1) is 15.5. The molecule has 0 aliphatic carbocycles. The number of hydrogen-bond acceptors (Lipinski definition) is 5. The Morgan fingerprint density at radius 3 is 1.44 bits per heavy atom. The molecule has 5 nitrogen and oxygen atoms in total. The zero-order valence-corrected chi connectivity index (χ0v) is 17.7. The first-order valence-corrected chi connectivity index (χ1v) is 9.99. The van der Waals surface area contributed by atoms with Gasteiger partial charge in [-0.25, -0.2) is 0 Å². The van der Waals surface area contributed by atoms with Gasteiger partial charge in [-0.3, -0.25) is 4.79 Å². The molecular weight excluding hydrogens is 404 g/mol. The third kappa shape index (κ3) is 4.14. The maximum Gasteiger partial charge on any atom is 0.194 e. The number of methoxy groups -OCH3 is 2. The van der Waals surface area contributed by atoms with E-state index in [1.54, 1.807) is 87.0 Å². The smallest absolute Gasteiger partial charge is 0.194 e. The van der Waals surface area contributed by atoms with Crippen molar-refractivity contribution in [3.05, 3.63) is 96.1 Å². The molecule has 2 N–H and O–H groups in total. The van der Waals surface area contributed by atoms with E-state index in [-0.39, 0.29) is 17.3 Å². The van der Waals surface area contributed by atoms with E-state index in [2.05, 4.69) is 0 Å². The quantitative estimate of drug-likeness (QED) is 0.388. The van der Waals surface area contributed by atoms with Gasteiger partial charge in [0.2, 0.25) is 0 Å². The summed E-state index contributed by atoms with van der Waals surface area (Å²) in [5.41, 5.74) is 3.59. The van der Waals surface area contributed by atoms with Crippen molar-refractivity contribution >= 4 is 5.78 Å². The Hall–Kier alpha value is -4.25. The van der Waals surface area contributed by atoms with Gasteiger partial charge in [0.05, 0.1) is 14.2 Å². The standard InChI is InChI=1S/C27H22O5/c1-31-21-9-11-23(25(15-21)17-5-3-7-19(28)13-17)27(30)24-12-10-22(32-2)16-26(24)18-6-4-8-20(29)14-18/h3-16,28-29H,1-2H3. The zero-order valence-electron chi connectivity index (χ0n) is 17.7. The minimum Gasteiger partial charge on any atom is -0.508 e. The van der Waals surface area contributed by atoms with Crippen LogP contribution in [-0.2, 0) is 0 Å². The molecule has 0 fully saturated rings. The van der Waals surface area contributed by atoms with Gasteiger partial charge in [-0.2, -0.15) is 0 Å². The van der Waals surface area contributed by atoms with Crippen LogP contribution in [0, 0.1) is 0 Å². The van der Waals surface area contributed by atoms with Gasteiger partial charge >= 0.3 is 0 Å². The van der Waals surface area contributed by atoms with Crippen LogP contribution in [0.5, 0.6) is 23.0 Å². The van der Waals surface area contributed by atoms with Crippen molar-refractivity contribution < 1.29 is 24.5 Å². The van der Waals surface area contributed by atoms with Crippen LogP contribution in [0.25, 0.3) is 22.3 Å². The molecule has 160 valence electrons. The summed E-state index contributed by atoms with van der Waals surface area (Å²) in [4.78, 5) is 13.8. The Bertz CT molecular complexity index is 1190. The molecule has 0 aliphatic rings. The highest BCUT2D eigenvalue weighted by Crippen LogP contribution is 2.35. The summed E-state index contributed by atoms with van der Waals surface area (Å²) in [6.45, 7) is 0. The molecule has 0 atom stereocenters. The summed E-state index contributed by atoms with van der Waals surface area (Å²) >= 11 is 0. The van der Waals surface area contributed by atoms with E-state index in [1.165, 1.54) is 0 Å². The number of phenolic OH excluding ortho intramolecular Hbond substituents is 2. The number of rotatable bonds is 6.